The third kappa shape index (κ3) is 2.43. The van der Waals surface area contributed by atoms with Crippen LogP contribution in [0.5, 0.6) is 0 Å². The van der Waals surface area contributed by atoms with Crippen molar-refractivity contribution in [2.75, 3.05) is 0 Å². The Morgan fingerprint density at radius 3 is 2.73 bits per heavy atom. The number of aromatic nitrogens is 2. The molecule has 0 amide bonds. The number of hydrogen-bond acceptors (Lipinski definition) is 5. The molecule has 0 bridgehead atoms. The van der Waals surface area contributed by atoms with Gasteiger partial charge in [0.25, 0.3) is 5.56 Å². The molecule has 0 saturated carbocycles. The third-order valence-corrected chi connectivity index (χ3v) is 4.56. The second kappa shape index (κ2) is 5.54. The second-order valence-corrected chi connectivity index (χ2v) is 6.04. The molecule has 0 atom stereocenters. The van der Waals surface area contributed by atoms with Gasteiger partial charge >= 0.3 is 0 Å². The monoisotopic (exact) mass is 308 g/mol. The zero-order chi connectivity index (χ0) is 15.7. The van der Waals surface area contributed by atoms with Crippen LogP contribution >= 0.6 is 11.3 Å². The third-order valence-electron chi connectivity index (χ3n) is 3.44. The zero-order valence-corrected chi connectivity index (χ0v) is 12.9. The summed E-state index contributed by atoms with van der Waals surface area (Å²) in [5.74, 6) is 0. The fraction of sp³-hybridized carbons (Fsp3) is 0.125. The minimum atomic E-state index is -0.170. The molecule has 0 aliphatic carbocycles. The molecule has 0 aliphatic rings. The van der Waals surface area contributed by atoms with E-state index >= 15 is 0 Å². The van der Waals surface area contributed by atoms with Crippen molar-refractivity contribution < 1.29 is 0 Å². The molecular weight excluding hydrogens is 296 g/mol. The van der Waals surface area contributed by atoms with Gasteiger partial charge in [-0.2, -0.15) is 15.0 Å². The van der Waals surface area contributed by atoms with E-state index in [0.29, 0.717) is 10.9 Å². The zero-order valence-electron chi connectivity index (χ0n) is 12.1. The van der Waals surface area contributed by atoms with Gasteiger partial charge in [0.2, 0.25) is 0 Å². The number of fused-ring (bicyclic) bond motifs is 1. The van der Waals surface area contributed by atoms with E-state index < -0.39 is 0 Å². The molecule has 6 heteroatoms. The number of nitriles is 1. The molecule has 3 aromatic rings. The Morgan fingerprint density at radius 2 is 2.05 bits per heavy atom. The Bertz CT molecular complexity index is 974. The molecule has 2 aromatic heterocycles. The molecular formula is C16H12N4OS. The smallest absolute Gasteiger partial charge is 0.267 e. The highest BCUT2D eigenvalue weighted by molar-refractivity contribution is 7.18. The van der Waals surface area contributed by atoms with E-state index in [1.165, 1.54) is 22.3 Å². The average molecular weight is 308 g/mol. The van der Waals surface area contributed by atoms with Gasteiger partial charge in [-0.15, -0.1) is 11.3 Å². The highest BCUT2D eigenvalue weighted by Gasteiger charge is 2.11. The summed E-state index contributed by atoms with van der Waals surface area (Å²) in [5, 5.41) is 13.6. The number of nitrogens with zero attached hydrogens (tertiary/aromatic N) is 4. The van der Waals surface area contributed by atoms with Crippen LogP contribution in [0.3, 0.4) is 0 Å². The number of benzene rings is 1. The lowest BCUT2D eigenvalue weighted by atomic mass is 10.2. The first-order valence-electron chi connectivity index (χ1n) is 6.62. The molecule has 5 nitrogen and oxygen atoms in total. The Labute approximate surface area is 130 Å². The predicted octanol–water partition coefficient (Wildman–Crippen LogP) is 2.83. The summed E-state index contributed by atoms with van der Waals surface area (Å²) in [6.45, 7) is 3.90. The maximum Gasteiger partial charge on any atom is 0.282 e. The van der Waals surface area contributed by atoms with Crippen molar-refractivity contribution in [1.82, 2.24) is 9.66 Å². The lowest BCUT2D eigenvalue weighted by molar-refractivity contribution is 0.818. The first kappa shape index (κ1) is 14.2. The quantitative estimate of drug-likeness (QED) is 0.683. The number of aryl methyl sites for hydroxylation is 2. The van der Waals surface area contributed by atoms with Crippen molar-refractivity contribution in [3.8, 4) is 6.07 Å². The van der Waals surface area contributed by atoms with Gasteiger partial charge in [0.1, 0.15) is 11.2 Å². The van der Waals surface area contributed by atoms with Crippen molar-refractivity contribution in [3.63, 3.8) is 0 Å². The van der Waals surface area contributed by atoms with Crippen LogP contribution in [0.25, 0.3) is 10.2 Å². The SMILES string of the molecule is Cc1sc2ncn(/N=C\c3ccc(C#N)cc3)c(=O)c2c1C. The van der Waals surface area contributed by atoms with Crippen LogP contribution in [-0.4, -0.2) is 15.9 Å². The van der Waals surface area contributed by atoms with E-state index in [1.807, 2.05) is 13.8 Å². The number of thiophene rings is 1. The Hall–Kier alpha value is -2.78. The Morgan fingerprint density at radius 1 is 1.32 bits per heavy atom. The van der Waals surface area contributed by atoms with Gasteiger partial charge in [-0.25, -0.2) is 4.98 Å². The molecule has 0 aliphatic heterocycles. The van der Waals surface area contributed by atoms with Crippen LogP contribution in [-0.2, 0) is 0 Å². The van der Waals surface area contributed by atoms with Gasteiger partial charge in [0, 0.05) is 4.88 Å². The largest absolute Gasteiger partial charge is 0.282 e. The summed E-state index contributed by atoms with van der Waals surface area (Å²) in [4.78, 5) is 18.6. The summed E-state index contributed by atoms with van der Waals surface area (Å²) >= 11 is 1.51. The fourth-order valence-corrected chi connectivity index (χ4v) is 3.07. The van der Waals surface area contributed by atoms with Gasteiger partial charge in [0.15, 0.2) is 0 Å². The van der Waals surface area contributed by atoms with E-state index in [9.17, 15) is 4.79 Å². The number of rotatable bonds is 2. The molecule has 2 heterocycles. The Balaban J connectivity index is 2.01. The van der Waals surface area contributed by atoms with Gasteiger partial charge in [-0.3, -0.25) is 4.79 Å². The molecule has 0 unspecified atom stereocenters. The summed E-state index contributed by atoms with van der Waals surface area (Å²) in [6.07, 6.45) is 3.00. The molecule has 0 radical (unpaired) electrons. The lowest BCUT2D eigenvalue weighted by Gasteiger charge is -1.98. The maximum atomic E-state index is 12.5. The molecule has 1 aromatic carbocycles. The minimum Gasteiger partial charge on any atom is -0.267 e. The van der Waals surface area contributed by atoms with Gasteiger partial charge in [0.05, 0.1) is 23.2 Å². The van der Waals surface area contributed by atoms with E-state index in [2.05, 4.69) is 16.2 Å². The highest BCUT2D eigenvalue weighted by atomic mass is 32.1. The van der Waals surface area contributed by atoms with Crippen LogP contribution in [0.1, 0.15) is 21.6 Å². The fourth-order valence-electron chi connectivity index (χ4n) is 2.08. The first-order chi connectivity index (χ1) is 10.6. The molecule has 0 fully saturated rings. The average Bonchev–Trinajstić information content (AvgIpc) is 2.83. The van der Waals surface area contributed by atoms with Gasteiger partial charge < -0.3 is 0 Å². The minimum absolute atomic E-state index is 0.170. The van der Waals surface area contributed by atoms with Gasteiger partial charge in [-0.05, 0) is 37.1 Å². The molecule has 22 heavy (non-hydrogen) atoms. The normalized spacial score (nSPS) is 11.1. The summed E-state index contributed by atoms with van der Waals surface area (Å²) < 4.78 is 1.24. The second-order valence-electron chi connectivity index (χ2n) is 4.84. The molecule has 0 N–H and O–H groups in total. The van der Waals surface area contributed by atoms with Gasteiger partial charge in [-0.1, -0.05) is 12.1 Å². The lowest BCUT2D eigenvalue weighted by Crippen LogP contribution is -2.16. The topological polar surface area (TPSA) is 71.0 Å². The van der Waals surface area contributed by atoms with Crippen molar-refractivity contribution >= 4 is 27.8 Å². The van der Waals surface area contributed by atoms with E-state index in [4.69, 9.17) is 5.26 Å². The maximum absolute atomic E-state index is 12.5. The van der Waals surface area contributed by atoms with Crippen LogP contribution < -0.4 is 5.56 Å². The summed E-state index contributed by atoms with van der Waals surface area (Å²) in [7, 11) is 0. The van der Waals surface area contributed by atoms with Crippen LogP contribution in [0.2, 0.25) is 0 Å². The standard InChI is InChI=1S/C16H12N4OS/c1-10-11(2)22-15-14(10)16(21)20(9-18-15)19-8-13-5-3-12(7-17)4-6-13/h3-6,8-9H,1-2H3/b19-8-. The van der Waals surface area contributed by atoms with E-state index in [1.54, 1.807) is 30.5 Å². The van der Waals surface area contributed by atoms with Crippen molar-refractivity contribution in [2.24, 2.45) is 5.10 Å². The first-order valence-corrected chi connectivity index (χ1v) is 7.43. The van der Waals surface area contributed by atoms with E-state index in [-0.39, 0.29) is 5.56 Å². The predicted molar refractivity (Wildman–Crippen MR) is 87.5 cm³/mol. The van der Waals surface area contributed by atoms with Crippen molar-refractivity contribution in [1.29, 1.82) is 5.26 Å². The van der Waals surface area contributed by atoms with Crippen molar-refractivity contribution in [2.45, 2.75) is 13.8 Å². The Kier molecular flexibility index (Phi) is 3.57. The molecule has 3 rings (SSSR count). The molecule has 0 spiro atoms. The summed E-state index contributed by atoms with van der Waals surface area (Å²) in [5.41, 5.74) is 2.18. The summed E-state index contributed by atoms with van der Waals surface area (Å²) in [6, 6.07) is 9.02. The molecule has 108 valence electrons. The van der Waals surface area contributed by atoms with Crippen LogP contribution in [0, 0.1) is 25.2 Å². The van der Waals surface area contributed by atoms with E-state index in [0.717, 1.165) is 20.8 Å². The molecule has 0 saturated heterocycles. The highest BCUT2D eigenvalue weighted by Crippen LogP contribution is 2.25. The van der Waals surface area contributed by atoms with Crippen molar-refractivity contribution in [3.05, 3.63) is 62.5 Å². The van der Waals surface area contributed by atoms with Crippen LogP contribution in [0.15, 0.2) is 40.5 Å². The number of hydrogen-bond donors (Lipinski definition) is 0. The van der Waals surface area contributed by atoms with Crippen LogP contribution in [0.4, 0.5) is 0 Å².